The lowest BCUT2D eigenvalue weighted by Gasteiger charge is -2.06. The van der Waals surface area contributed by atoms with Crippen molar-refractivity contribution in [2.45, 2.75) is 19.3 Å². The van der Waals surface area contributed by atoms with Crippen LogP contribution in [0.15, 0.2) is 18.2 Å². The van der Waals surface area contributed by atoms with Gasteiger partial charge in [0.1, 0.15) is 5.75 Å². The molecule has 1 nitrogen and oxygen atoms in total. The molecule has 1 aliphatic carbocycles. The summed E-state index contributed by atoms with van der Waals surface area (Å²) in [4.78, 5) is 0. The molecule has 1 aromatic carbocycles. The predicted molar refractivity (Wildman–Crippen MR) is 57.8 cm³/mol. The van der Waals surface area contributed by atoms with Gasteiger partial charge in [0.2, 0.25) is 0 Å². The largest absolute Gasteiger partial charge is 0.493 e. The van der Waals surface area contributed by atoms with Crippen molar-refractivity contribution in [2.75, 3.05) is 12.4 Å². The third-order valence-corrected chi connectivity index (χ3v) is 2.61. The molecule has 0 radical (unpaired) electrons. The van der Waals surface area contributed by atoms with Gasteiger partial charge in [-0.25, -0.2) is 0 Å². The molecule has 0 bridgehead atoms. The van der Waals surface area contributed by atoms with E-state index >= 15 is 0 Å². The molecule has 0 amide bonds. The highest BCUT2D eigenvalue weighted by Crippen LogP contribution is 2.25. The molecule has 70 valence electrons. The number of benzene rings is 1. The lowest BCUT2D eigenvalue weighted by atomic mass is 10.1. The molecule has 0 aromatic heterocycles. The van der Waals surface area contributed by atoms with Crippen LogP contribution < -0.4 is 4.74 Å². The summed E-state index contributed by atoms with van der Waals surface area (Å²) in [6, 6.07) is 6.43. The van der Waals surface area contributed by atoms with E-state index in [1.165, 1.54) is 30.4 Å². The molecule has 2 rings (SSSR count). The van der Waals surface area contributed by atoms with E-state index in [0.29, 0.717) is 6.61 Å². The quantitative estimate of drug-likeness (QED) is 0.727. The summed E-state index contributed by atoms with van der Waals surface area (Å²) in [5.41, 5.74) is 2.97. The monoisotopic (exact) mass is 194 g/mol. The standard InChI is InChI=1S/C11H14OS/c13-7-6-12-11-5-4-9-2-1-3-10(9)8-11/h4-5,8,13H,1-3,6-7H2. The average Bonchev–Trinajstić information content (AvgIpc) is 2.61. The first-order valence-corrected chi connectivity index (χ1v) is 5.39. The molecule has 0 saturated heterocycles. The lowest BCUT2D eigenvalue weighted by Crippen LogP contribution is -1.98. The van der Waals surface area contributed by atoms with Gasteiger partial charge in [0.15, 0.2) is 0 Å². The molecule has 0 atom stereocenters. The number of fused-ring (bicyclic) bond motifs is 1. The first kappa shape index (κ1) is 8.95. The third-order valence-electron chi connectivity index (χ3n) is 2.43. The molecule has 0 spiro atoms. The van der Waals surface area contributed by atoms with Gasteiger partial charge in [0.25, 0.3) is 0 Å². The van der Waals surface area contributed by atoms with Crippen LogP contribution in [-0.2, 0) is 12.8 Å². The fourth-order valence-electron chi connectivity index (χ4n) is 1.80. The Bertz CT molecular complexity index is 296. The molecule has 0 aliphatic heterocycles. The fraction of sp³-hybridized carbons (Fsp3) is 0.455. The summed E-state index contributed by atoms with van der Waals surface area (Å²) in [7, 11) is 0. The van der Waals surface area contributed by atoms with E-state index in [0.717, 1.165) is 11.5 Å². The van der Waals surface area contributed by atoms with E-state index in [2.05, 4.69) is 30.8 Å². The van der Waals surface area contributed by atoms with Crippen LogP contribution in [0.4, 0.5) is 0 Å². The summed E-state index contributed by atoms with van der Waals surface area (Å²) in [5.74, 6) is 1.77. The summed E-state index contributed by atoms with van der Waals surface area (Å²) >= 11 is 4.11. The van der Waals surface area contributed by atoms with E-state index in [9.17, 15) is 0 Å². The summed E-state index contributed by atoms with van der Waals surface area (Å²) < 4.78 is 5.50. The number of hydrogen-bond donors (Lipinski definition) is 1. The van der Waals surface area contributed by atoms with E-state index in [1.54, 1.807) is 0 Å². The number of hydrogen-bond acceptors (Lipinski definition) is 2. The summed E-state index contributed by atoms with van der Waals surface area (Å²) in [6.45, 7) is 0.696. The summed E-state index contributed by atoms with van der Waals surface area (Å²) in [5, 5.41) is 0. The number of aryl methyl sites for hydroxylation is 2. The lowest BCUT2D eigenvalue weighted by molar-refractivity contribution is 0.344. The molecule has 0 heterocycles. The van der Waals surface area contributed by atoms with Crippen LogP contribution in [0.25, 0.3) is 0 Å². The van der Waals surface area contributed by atoms with Gasteiger partial charge in [-0.05, 0) is 42.5 Å². The molecular formula is C11H14OS. The Kier molecular flexibility index (Phi) is 2.79. The van der Waals surface area contributed by atoms with Gasteiger partial charge in [-0.2, -0.15) is 12.6 Å². The normalized spacial score (nSPS) is 14.2. The van der Waals surface area contributed by atoms with Crippen LogP contribution >= 0.6 is 12.6 Å². The summed E-state index contributed by atoms with van der Waals surface area (Å²) in [6.07, 6.45) is 3.75. The Hall–Kier alpha value is -0.630. The van der Waals surface area contributed by atoms with Crippen molar-refractivity contribution in [3.05, 3.63) is 29.3 Å². The van der Waals surface area contributed by atoms with Gasteiger partial charge in [-0.3, -0.25) is 0 Å². The van der Waals surface area contributed by atoms with Gasteiger partial charge >= 0.3 is 0 Å². The average molecular weight is 194 g/mol. The van der Waals surface area contributed by atoms with Crippen LogP contribution in [0.1, 0.15) is 17.5 Å². The van der Waals surface area contributed by atoms with Crippen molar-refractivity contribution in [2.24, 2.45) is 0 Å². The second-order valence-corrected chi connectivity index (χ2v) is 3.80. The van der Waals surface area contributed by atoms with Crippen LogP contribution in [0.3, 0.4) is 0 Å². The Balaban J connectivity index is 2.12. The van der Waals surface area contributed by atoms with Gasteiger partial charge in [0, 0.05) is 5.75 Å². The molecule has 0 saturated carbocycles. The zero-order valence-corrected chi connectivity index (χ0v) is 8.52. The second-order valence-electron chi connectivity index (χ2n) is 3.36. The fourth-order valence-corrected chi connectivity index (χ4v) is 1.89. The highest BCUT2D eigenvalue weighted by Gasteiger charge is 2.10. The zero-order valence-electron chi connectivity index (χ0n) is 7.62. The highest BCUT2D eigenvalue weighted by molar-refractivity contribution is 7.80. The van der Waals surface area contributed by atoms with E-state index < -0.39 is 0 Å². The Morgan fingerprint density at radius 3 is 2.92 bits per heavy atom. The Labute approximate surface area is 84.5 Å². The highest BCUT2D eigenvalue weighted by atomic mass is 32.1. The van der Waals surface area contributed by atoms with Gasteiger partial charge in [-0.1, -0.05) is 6.07 Å². The Morgan fingerprint density at radius 1 is 1.23 bits per heavy atom. The minimum atomic E-state index is 0.696. The molecule has 0 fully saturated rings. The minimum Gasteiger partial charge on any atom is -0.493 e. The van der Waals surface area contributed by atoms with E-state index in [1.807, 2.05) is 0 Å². The molecular weight excluding hydrogens is 180 g/mol. The first-order chi connectivity index (χ1) is 6.40. The first-order valence-electron chi connectivity index (χ1n) is 4.75. The maximum absolute atomic E-state index is 5.50. The molecule has 1 aliphatic rings. The zero-order chi connectivity index (χ0) is 9.10. The SMILES string of the molecule is SCCOc1ccc2c(c1)CCC2. The van der Waals surface area contributed by atoms with Gasteiger partial charge in [-0.15, -0.1) is 0 Å². The maximum Gasteiger partial charge on any atom is 0.119 e. The van der Waals surface area contributed by atoms with Crippen molar-refractivity contribution >= 4 is 12.6 Å². The van der Waals surface area contributed by atoms with Crippen molar-refractivity contribution in [3.63, 3.8) is 0 Å². The number of ether oxygens (including phenoxy) is 1. The van der Waals surface area contributed by atoms with Crippen LogP contribution in [-0.4, -0.2) is 12.4 Å². The van der Waals surface area contributed by atoms with E-state index in [4.69, 9.17) is 4.74 Å². The van der Waals surface area contributed by atoms with Gasteiger partial charge < -0.3 is 4.74 Å². The maximum atomic E-state index is 5.50. The van der Waals surface area contributed by atoms with Crippen LogP contribution in [0.2, 0.25) is 0 Å². The Morgan fingerprint density at radius 2 is 2.08 bits per heavy atom. The molecule has 2 heteroatoms. The van der Waals surface area contributed by atoms with Gasteiger partial charge in [0.05, 0.1) is 6.61 Å². The van der Waals surface area contributed by atoms with Crippen molar-refractivity contribution in [3.8, 4) is 5.75 Å². The predicted octanol–water partition coefficient (Wildman–Crippen LogP) is 2.48. The van der Waals surface area contributed by atoms with Crippen LogP contribution in [0, 0.1) is 0 Å². The van der Waals surface area contributed by atoms with E-state index in [-0.39, 0.29) is 0 Å². The minimum absolute atomic E-state index is 0.696. The third kappa shape index (κ3) is 1.99. The topological polar surface area (TPSA) is 9.23 Å². The molecule has 1 aromatic rings. The second kappa shape index (κ2) is 4.05. The van der Waals surface area contributed by atoms with Crippen molar-refractivity contribution < 1.29 is 4.74 Å². The molecule has 13 heavy (non-hydrogen) atoms. The molecule has 0 unspecified atom stereocenters. The van der Waals surface area contributed by atoms with Crippen molar-refractivity contribution in [1.29, 1.82) is 0 Å². The number of rotatable bonds is 3. The van der Waals surface area contributed by atoms with Crippen LogP contribution in [0.5, 0.6) is 5.75 Å². The number of thiol groups is 1. The van der Waals surface area contributed by atoms with Crippen molar-refractivity contribution in [1.82, 2.24) is 0 Å². The smallest absolute Gasteiger partial charge is 0.119 e. The molecule has 0 N–H and O–H groups in total.